The number of rotatable bonds is 5. The van der Waals surface area contributed by atoms with Crippen molar-refractivity contribution < 1.29 is 22.8 Å². The maximum atomic E-state index is 12.9. The van der Waals surface area contributed by atoms with E-state index in [2.05, 4.69) is 20.6 Å². The largest absolute Gasteiger partial charge is 0.417 e. The van der Waals surface area contributed by atoms with Crippen LogP contribution >= 0.6 is 11.6 Å². The first kappa shape index (κ1) is 21.9. The van der Waals surface area contributed by atoms with Gasteiger partial charge in [0.1, 0.15) is 11.6 Å². The number of alkyl halides is 3. The molecule has 1 saturated heterocycles. The van der Waals surface area contributed by atoms with E-state index < -0.39 is 11.7 Å². The second-order valence-electron chi connectivity index (χ2n) is 8.99. The van der Waals surface area contributed by atoms with Gasteiger partial charge >= 0.3 is 6.18 Å². The minimum absolute atomic E-state index is 0.0223. The van der Waals surface area contributed by atoms with Crippen molar-refractivity contribution in [1.29, 1.82) is 0 Å². The molecular weight excluding hydrogens is 459 g/mol. The topological polar surface area (TPSA) is 87.2 Å². The van der Waals surface area contributed by atoms with Crippen LogP contribution in [0.4, 0.5) is 24.8 Å². The Balaban J connectivity index is 1.28. The minimum atomic E-state index is -4.52. The molecule has 5 rings (SSSR count). The SMILES string of the molecule is O=C(NC1CN(c2ncc(C(F)(F)F)cc2Cl)CC12CC2)c1ccnc(NC(=O)C2CC2)c1. The van der Waals surface area contributed by atoms with Gasteiger partial charge in [0.15, 0.2) is 0 Å². The molecule has 33 heavy (non-hydrogen) atoms. The summed E-state index contributed by atoms with van der Waals surface area (Å²) in [4.78, 5) is 34.8. The molecule has 1 aliphatic heterocycles. The maximum absolute atomic E-state index is 12.9. The number of carbonyl (C=O) groups is 2. The summed E-state index contributed by atoms with van der Waals surface area (Å²) in [6.45, 7) is 0.940. The average Bonchev–Trinajstić information content (AvgIpc) is 3.67. The predicted octanol–water partition coefficient (Wildman–Crippen LogP) is 3.90. The van der Waals surface area contributed by atoms with Gasteiger partial charge in [-0.15, -0.1) is 0 Å². The predicted molar refractivity (Wildman–Crippen MR) is 115 cm³/mol. The van der Waals surface area contributed by atoms with Gasteiger partial charge in [0.25, 0.3) is 5.91 Å². The smallest absolute Gasteiger partial charge is 0.353 e. The summed E-state index contributed by atoms with van der Waals surface area (Å²) >= 11 is 6.13. The molecule has 174 valence electrons. The zero-order valence-corrected chi connectivity index (χ0v) is 18.2. The van der Waals surface area contributed by atoms with E-state index in [9.17, 15) is 22.8 Å². The molecule has 1 atom stereocenters. The van der Waals surface area contributed by atoms with E-state index in [-0.39, 0.29) is 40.0 Å². The fraction of sp³-hybridized carbons (Fsp3) is 0.455. The fourth-order valence-electron chi connectivity index (χ4n) is 4.27. The lowest BCUT2D eigenvalue weighted by atomic mass is 10.0. The standard InChI is InChI=1S/C22H21ClF3N5O2/c23-15-8-14(22(24,25)26)9-28-18(15)31-10-16(21(11-31)4-5-21)29-20(33)13-3-6-27-17(7-13)30-19(32)12-1-2-12/h3,6-9,12,16H,1-2,4-5,10-11H2,(H,29,33)(H,27,30,32). The number of nitrogens with zero attached hydrogens (tertiary/aromatic N) is 3. The molecule has 2 aromatic rings. The van der Waals surface area contributed by atoms with Crippen molar-refractivity contribution in [2.75, 3.05) is 23.3 Å². The molecule has 3 heterocycles. The molecule has 2 saturated carbocycles. The Kier molecular flexibility index (Phi) is 5.23. The normalized spacial score (nSPS) is 21.2. The van der Waals surface area contributed by atoms with Gasteiger partial charge in [-0.05, 0) is 43.9 Å². The number of carbonyl (C=O) groups excluding carboxylic acids is 2. The Bertz CT molecular complexity index is 1120. The molecule has 3 fully saturated rings. The van der Waals surface area contributed by atoms with E-state index in [0.717, 1.165) is 37.9 Å². The first-order chi connectivity index (χ1) is 15.6. The van der Waals surface area contributed by atoms with Gasteiger partial charge in [0, 0.05) is 42.4 Å². The van der Waals surface area contributed by atoms with E-state index in [1.165, 1.54) is 12.3 Å². The molecule has 2 aromatic heterocycles. The van der Waals surface area contributed by atoms with Gasteiger partial charge < -0.3 is 15.5 Å². The van der Waals surface area contributed by atoms with Gasteiger partial charge in [0.2, 0.25) is 5.91 Å². The summed E-state index contributed by atoms with van der Waals surface area (Å²) < 4.78 is 38.8. The highest BCUT2D eigenvalue weighted by Crippen LogP contribution is 2.54. The van der Waals surface area contributed by atoms with Crippen molar-refractivity contribution in [3.63, 3.8) is 0 Å². The number of amides is 2. The summed E-state index contributed by atoms with van der Waals surface area (Å²) in [5.74, 6) is 0.235. The number of anilines is 2. The Labute approximate surface area is 192 Å². The Morgan fingerprint density at radius 2 is 1.94 bits per heavy atom. The summed E-state index contributed by atoms with van der Waals surface area (Å²) in [5.41, 5.74) is -0.681. The van der Waals surface area contributed by atoms with E-state index in [0.29, 0.717) is 24.5 Å². The van der Waals surface area contributed by atoms with Gasteiger partial charge in [-0.25, -0.2) is 9.97 Å². The molecule has 0 aromatic carbocycles. The molecular formula is C22H21ClF3N5O2. The van der Waals surface area contributed by atoms with Crippen LogP contribution in [-0.2, 0) is 11.0 Å². The summed E-state index contributed by atoms with van der Waals surface area (Å²) in [6, 6.07) is 3.78. The number of halogens is 4. The van der Waals surface area contributed by atoms with Crippen molar-refractivity contribution in [3.8, 4) is 0 Å². The number of pyridine rings is 2. The van der Waals surface area contributed by atoms with E-state index >= 15 is 0 Å². The van der Waals surface area contributed by atoms with Crippen molar-refractivity contribution in [3.05, 3.63) is 46.7 Å². The van der Waals surface area contributed by atoms with Gasteiger partial charge in [-0.3, -0.25) is 9.59 Å². The van der Waals surface area contributed by atoms with Crippen molar-refractivity contribution in [2.24, 2.45) is 11.3 Å². The lowest BCUT2D eigenvalue weighted by Gasteiger charge is -2.20. The lowest BCUT2D eigenvalue weighted by molar-refractivity contribution is -0.137. The zero-order chi connectivity index (χ0) is 23.4. The number of nitrogens with one attached hydrogen (secondary N) is 2. The van der Waals surface area contributed by atoms with Crippen molar-refractivity contribution >= 4 is 35.1 Å². The summed E-state index contributed by atoms with van der Waals surface area (Å²) in [5, 5.41) is 5.70. The molecule has 2 N–H and O–H groups in total. The quantitative estimate of drug-likeness (QED) is 0.679. The molecule has 2 aliphatic carbocycles. The van der Waals surface area contributed by atoms with E-state index in [4.69, 9.17) is 11.6 Å². The van der Waals surface area contributed by atoms with E-state index in [1.807, 2.05) is 4.90 Å². The third-order valence-electron chi connectivity index (χ3n) is 6.52. The Morgan fingerprint density at radius 1 is 1.18 bits per heavy atom. The van der Waals surface area contributed by atoms with Crippen LogP contribution in [0.2, 0.25) is 5.02 Å². The van der Waals surface area contributed by atoms with Gasteiger partial charge in [-0.2, -0.15) is 13.2 Å². The van der Waals surface area contributed by atoms with Crippen molar-refractivity contribution in [1.82, 2.24) is 15.3 Å². The fourth-order valence-corrected chi connectivity index (χ4v) is 4.56. The third-order valence-corrected chi connectivity index (χ3v) is 6.79. The van der Waals surface area contributed by atoms with Crippen LogP contribution in [-0.4, -0.2) is 40.9 Å². The highest BCUT2D eigenvalue weighted by atomic mass is 35.5. The van der Waals surface area contributed by atoms with Crippen LogP contribution in [0.3, 0.4) is 0 Å². The average molecular weight is 480 g/mol. The second kappa shape index (κ2) is 7.86. The lowest BCUT2D eigenvalue weighted by Crippen LogP contribution is -2.41. The van der Waals surface area contributed by atoms with Crippen LogP contribution in [0.25, 0.3) is 0 Å². The summed E-state index contributed by atoms with van der Waals surface area (Å²) in [6.07, 6.45) is 1.25. The molecule has 1 spiro atoms. The van der Waals surface area contributed by atoms with Gasteiger partial charge in [-0.1, -0.05) is 11.6 Å². The van der Waals surface area contributed by atoms with E-state index in [1.54, 1.807) is 6.07 Å². The Hall–Kier alpha value is -2.88. The third kappa shape index (κ3) is 4.48. The van der Waals surface area contributed by atoms with Crippen LogP contribution in [0.1, 0.15) is 41.6 Å². The second-order valence-corrected chi connectivity index (χ2v) is 9.40. The summed E-state index contributed by atoms with van der Waals surface area (Å²) in [7, 11) is 0. The molecule has 0 radical (unpaired) electrons. The van der Waals surface area contributed by atoms with Crippen LogP contribution in [0.5, 0.6) is 0 Å². The number of aromatic nitrogens is 2. The molecule has 7 nitrogen and oxygen atoms in total. The first-order valence-electron chi connectivity index (χ1n) is 10.7. The monoisotopic (exact) mass is 479 g/mol. The van der Waals surface area contributed by atoms with Gasteiger partial charge in [0.05, 0.1) is 16.6 Å². The molecule has 2 amide bonds. The number of hydrogen-bond donors (Lipinski definition) is 2. The highest BCUT2D eigenvalue weighted by molar-refractivity contribution is 6.33. The maximum Gasteiger partial charge on any atom is 0.417 e. The molecule has 0 bridgehead atoms. The molecule has 11 heteroatoms. The van der Waals surface area contributed by atoms with Crippen molar-refractivity contribution in [2.45, 2.75) is 37.9 Å². The Morgan fingerprint density at radius 3 is 2.58 bits per heavy atom. The van der Waals surface area contributed by atoms with Crippen LogP contribution in [0.15, 0.2) is 30.6 Å². The molecule has 3 aliphatic rings. The van der Waals surface area contributed by atoms with Crippen LogP contribution in [0, 0.1) is 11.3 Å². The minimum Gasteiger partial charge on any atom is -0.353 e. The zero-order valence-electron chi connectivity index (χ0n) is 17.5. The van der Waals surface area contributed by atoms with Crippen LogP contribution < -0.4 is 15.5 Å². The first-order valence-corrected chi connectivity index (χ1v) is 11.1. The number of hydrogen-bond acceptors (Lipinski definition) is 5. The highest BCUT2D eigenvalue weighted by Gasteiger charge is 2.56. The molecule has 1 unspecified atom stereocenters.